The van der Waals surface area contributed by atoms with Crippen LogP contribution in [0.5, 0.6) is 0 Å². The molecule has 0 aliphatic rings. The summed E-state index contributed by atoms with van der Waals surface area (Å²) in [5.74, 6) is -0.0127. The van der Waals surface area contributed by atoms with Crippen LogP contribution in [0.15, 0.2) is 36.5 Å². The van der Waals surface area contributed by atoms with Crippen LogP contribution in [-0.4, -0.2) is 15.8 Å². The maximum Gasteiger partial charge on any atom is 0.273 e. The number of halogens is 1. The Hall–Kier alpha value is -2.03. The highest BCUT2D eigenvalue weighted by Crippen LogP contribution is 2.21. The van der Waals surface area contributed by atoms with Gasteiger partial charge in [0.05, 0.1) is 4.92 Å². The molecule has 0 saturated heterocycles. The number of nitro benzene ring substituents is 1. The van der Waals surface area contributed by atoms with Crippen molar-refractivity contribution >= 4 is 40.0 Å². The first-order chi connectivity index (χ1) is 9.49. The summed E-state index contributed by atoms with van der Waals surface area (Å²) in [7, 11) is 0. The zero-order valence-electron chi connectivity index (χ0n) is 10.5. The number of nitrogens with zero attached hydrogens (tertiary/aromatic N) is 2. The topological polar surface area (TPSA) is 85.1 Å². The van der Waals surface area contributed by atoms with Gasteiger partial charge in [0.15, 0.2) is 0 Å². The Morgan fingerprint density at radius 1 is 1.35 bits per heavy atom. The molecule has 0 unspecified atom stereocenters. The average Bonchev–Trinajstić information content (AvgIpc) is 2.41. The SMILES string of the molecule is Cc1c(C(=O)Nc2ccc(I)cn2)cccc1[N+](=O)[O-]. The number of anilines is 1. The molecule has 1 amide bonds. The third-order valence-electron chi connectivity index (χ3n) is 2.72. The quantitative estimate of drug-likeness (QED) is 0.501. The van der Waals surface area contributed by atoms with E-state index in [1.807, 2.05) is 6.07 Å². The lowest BCUT2D eigenvalue weighted by Crippen LogP contribution is -2.14. The van der Waals surface area contributed by atoms with Gasteiger partial charge in [-0.2, -0.15) is 0 Å². The maximum absolute atomic E-state index is 12.1. The van der Waals surface area contributed by atoms with Crippen LogP contribution in [-0.2, 0) is 0 Å². The van der Waals surface area contributed by atoms with Crippen LogP contribution in [0.2, 0.25) is 0 Å². The average molecular weight is 383 g/mol. The van der Waals surface area contributed by atoms with Crippen molar-refractivity contribution in [3.63, 3.8) is 0 Å². The molecular weight excluding hydrogens is 373 g/mol. The molecule has 1 aromatic carbocycles. The number of aromatic nitrogens is 1. The molecule has 6 nitrogen and oxygen atoms in total. The molecule has 102 valence electrons. The van der Waals surface area contributed by atoms with Crippen LogP contribution in [0.3, 0.4) is 0 Å². The number of benzene rings is 1. The van der Waals surface area contributed by atoms with Crippen LogP contribution in [0, 0.1) is 20.6 Å². The van der Waals surface area contributed by atoms with Crippen LogP contribution in [0.1, 0.15) is 15.9 Å². The molecule has 0 bridgehead atoms. The Labute approximate surface area is 128 Å². The fourth-order valence-corrected chi connectivity index (χ4v) is 2.02. The van der Waals surface area contributed by atoms with E-state index in [0.717, 1.165) is 3.57 Å². The van der Waals surface area contributed by atoms with E-state index >= 15 is 0 Å². The van der Waals surface area contributed by atoms with Gasteiger partial charge in [-0.1, -0.05) is 6.07 Å². The predicted octanol–water partition coefficient (Wildman–Crippen LogP) is 3.16. The van der Waals surface area contributed by atoms with Crippen LogP contribution < -0.4 is 5.32 Å². The largest absolute Gasteiger partial charge is 0.307 e. The first-order valence-corrected chi connectivity index (χ1v) is 6.74. The maximum atomic E-state index is 12.1. The third kappa shape index (κ3) is 3.10. The fourth-order valence-electron chi connectivity index (χ4n) is 1.70. The Kier molecular flexibility index (Phi) is 4.28. The van der Waals surface area contributed by atoms with Crippen molar-refractivity contribution in [2.75, 3.05) is 5.32 Å². The summed E-state index contributed by atoms with van der Waals surface area (Å²) in [6.07, 6.45) is 1.62. The van der Waals surface area contributed by atoms with Gasteiger partial charge in [0, 0.05) is 27.0 Å². The van der Waals surface area contributed by atoms with E-state index < -0.39 is 10.8 Å². The van der Waals surface area contributed by atoms with Gasteiger partial charge >= 0.3 is 0 Å². The fraction of sp³-hybridized carbons (Fsp3) is 0.0769. The second-order valence-corrected chi connectivity index (χ2v) is 5.27. The van der Waals surface area contributed by atoms with Crippen molar-refractivity contribution in [2.24, 2.45) is 0 Å². The number of carbonyl (C=O) groups is 1. The summed E-state index contributed by atoms with van der Waals surface area (Å²) >= 11 is 2.11. The van der Waals surface area contributed by atoms with Gasteiger partial charge in [-0.3, -0.25) is 14.9 Å². The smallest absolute Gasteiger partial charge is 0.273 e. The first-order valence-electron chi connectivity index (χ1n) is 5.66. The first kappa shape index (κ1) is 14.4. The van der Waals surface area contributed by atoms with Gasteiger partial charge in [-0.25, -0.2) is 4.98 Å². The molecule has 7 heteroatoms. The summed E-state index contributed by atoms with van der Waals surface area (Å²) in [6, 6.07) is 7.89. The molecule has 0 aliphatic carbocycles. The van der Waals surface area contributed by atoms with E-state index in [1.54, 1.807) is 25.3 Å². The molecule has 0 spiro atoms. The second-order valence-electron chi connectivity index (χ2n) is 4.02. The van der Waals surface area contributed by atoms with E-state index in [4.69, 9.17) is 0 Å². The number of amides is 1. The summed E-state index contributed by atoms with van der Waals surface area (Å²) in [6.45, 7) is 1.55. The Morgan fingerprint density at radius 2 is 2.10 bits per heavy atom. The summed E-state index contributed by atoms with van der Waals surface area (Å²) < 4.78 is 0.951. The molecule has 1 aromatic heterocycles. The van der Waals surface area contributed by atoms with Gasteiger partial charge in [-0.15, -0.1) is 0 Å². The molecule has 0 saturated carbocycles. The van der Waals surface area contributed by atoms with Gasteiger partial charge in [0.25, 0.3) is 11.6 Å². The van der Waals surface area contributed by atoms with Gasteiger partial charge in [-0.05, 0) is 47.7 Å². The Bertz CT molecular complexity index is 671. The van der Waals surface area contributed by atoms with Crippen molar-refractivity contribution < 1.29 is 9.72 Å². The van der Waals surface area contributed by atoms with Crippen LogP contribution in [0.4, 0.5) is 11.5 Å². The number of rotatable bonds is 3. The molecule has 0 fully saturated rings. The molecule has 20 heavy (non-hydrogen) atoms. The number of hydrogen-bond donors (Lipinski definition) is 1. The third-order valence-corrected chi connectivity index (χ3v) is 3.35. The number of pyridine rings is 1. The Balaban J connectivity index is 2.28. The lowest BCUT2D eigenvalue weighted by molar-refractivity contribution is -0.385. The van der Waals surface area contributed by atoms with E-state index in [2.05, 4.69) is 32.9 Å². The Morgan fingerprint density at radius 3 is 2.70 bits per heavy atom. The molecule has 2 rings (SSSR count). The number of nitrogens with one attached hydrogen (secondary N) is 1. The molecule has 0 aliphatic heterocycles. The minimum atomic E-state index is -0.505. The molecule has 0 atom stereocenters. The lowest BCUT2D eigenvalue weighted by atomic mass is 10.1. The standard InChI is InChI=1S/C13H10IN3O3/c1-8-10(3-2-4-11(8)17(19)20)13(18)16-12-6-5-9(14)7-15-12/h2-7H,1H3,(H,15,16,18). The van der Waals surface area contributed by atoms with Crippen LogP contribution in [0.25, 0.3) is 0 Å². The minimum Gasteiger partial charge on any atom is -0.307 e. The summed E-state index contributed by atoms with van der Waals surface area (Å²) in [5, 5.41) is 13.5. The minimum absolute atomic E-state index is 0.0757. The van der Waals surface area contributed by atoms with Gasteiger partial charge in [0.1, 0.15) is 5.82 Å². The highest BCUT2D eigenvalue weighted by Gasteiger charge is 2.18. The second kappa shape index (κ2) is 5.95. The zero-order chi connectivity index (χ0) is 14.7. The number of carbonyl (C=O) groups excluding carboxylic acids is 1. The van der Waals surface area contributed by atoms with Crippen molar-refractivity contribution in [3.05, 3.63) is 61.3 Å². The van der Waals surface area contributed by atoms with Crippen molar-refractivity contribution in [3.8, 4) is 0 Å². The normalized spacial score (nSPS) is 10.1. The van der Waals surface area contributed by atoms with Gasteiger partial charge < -0.3 is 5.32 Å². The van der Waals surface area contributed by atoms with Crippen LogP contribution >= 0.6 is 22.6 Å². The molecule has 1 N–H and O–H groups in total. The number of hydrogen-bond acceptors (Lipinski definition) is 4. The van der Waals surface area contributed by atoms with E-state index in [1.165, 1.54) is 12.1 Å². The lowest BCUT2D eigenvalue weighted by Gasteiger charge is -2.07. The van der Waals surface area contributed by atoms with Crippen molar-refractivity contribution in [2.45, 2.75) is 6.92 Å². The molecule has 0 radical (unpaired) electrons. The summed E-state index contributed by atoms with van der Waals surface area (Å²) in [4.78, 5) is 26.5. The van der Waals surface area contributed by atoms with Crippen molar-refractivity contribution in [1.82, 2.24) is 4.98 Å². The van der Waals surface area contributed by atoms with Gasteiger partial charge in [0.2, 0.25) is 0 Å². The van der Waals surface area contributed by atoms with E-state index in [0.29, 0.717) is 11.4 Å². The molecule has 2 aromatic rings. The summed E-state index contributed by atoms with van der Waals surface area (Å²) in [5.41, 5.74) is 0.522. The van der Waals surface area contributed by atoms with E-state index in [9.17, 15) is 14.9 Å². The number of nitro groups is 1. The zero-order valence-corrected chi connectivity index (χ0v) is 12.6. The van der Waals surface area contributed by atoms with E-state index in [-0.39, 0.29) is 11.3 Å². The highest BCUT2D eigenvalue weighted by molar-refractivity contribution is 14.1. The monoisotopic (exact) mass is 383 g/mol. The molecule has 1 heterocycles. The molecular formula is C13H10IN3O3. The van der Waals surface area contributed by atoms with Crippen molar-refractivity contribution in [1.29, 1.82) is 0 Å². The highest BCUT2D eigenvalue weighted by atomic mass is 127. The predicted molar refractivity (Wildman–Crippen MR) is 82.7 cm³/mol.